The Kier molecular flexibility index (Phi) is 0.609. The lowest BCUT2D eigenvalue weighted by Crippen LogP contribution is -2.30. The van der Waals surface area contributed by atoms with Crippen molar-refractivity contribution in [3.63, 3.8) is 0 Å². The molecule has 6 aliphatic carbocycles. The highest BCUT2D eigenvalue weighted by molar-refractivity contribution is 5.28. The smallest absolute Gasteiger partial charge is 0.0107 e. The molecule has 6 fully saturated rings. The van der Waals surface area contributed by atoms with Gasteiger partial charge in [-0.05, 0) is 60.2 Å². The molecule has 9 atom stereocenters. The Morgan fingerprint density at radius 3 is 1.67 bits per heavy atom. The molecule has 0 aromatic rings. The standard InChI is InChI=1S/C11H15N/c12-11-9-5-1-3-4-2-6(7(3)9)10(11)8(4)5/h3-11H,1-2,12H2/t3-,4-,5-,6+,7+,8+,9-,10+,11?/m0/s1. The zero-order valence-electron chi connectivity index (χ0n) is 7.19. The van der Waals surface area contributed by atoms with Crippen molar-refractivity contribution in [1.82, 2.24) is 0 Å². The van der Waals surface area contributed by atoms with Gasteiger partial charge in [-0.2, -0.15) is 0 Å². The Balaban J connectivity index is 1.89. The molecule has 0 aromatic heterocycles. The molecule has 6 aliphatic rings. The summed E-state index contributed by atoms with van der Waals surface area (Å²) in [5, 5.41) is 0. The molecule has 1 unspecified atom stereocenters. The molecule has 1 nitrogen and oxygen atoms in total. The van der Waals surface area contributed by atoms with Gasteiger partial charge in [-0.25, -0.2) is 0 Å². The quantitative estimate of drug-likeness (QED) is 0.565. The van der Waals surface area contributed by atoms with Crippen molar-refractivity contribution < 1.29 is 0 Å². The SMILES string of the molecule is NC1[C@@H]2[C@@H]3C[C@H]4[C@@H]5C[C@H]([C@H]1[C@H]53)[C@@H]42. The van der Waals surface area contributed by atoms with E-state index >= 15 is 0 Å². The molecule has 64 valence electrons. The van der Waals surface area contributed by atoms with E-state index in [4.69, 9.17) is 5.73 Å². The molecule has 0 aliphatic heterocycles. The first-order valence-electron chi connectivity index (χ1n) is 5.63. The summed E-state index contributed by atoms with van der Waals surface area (Å²) in [7, 11) is 0. The van der Waals surface area contributed by atoms with E-state index in [-0.39, 0.29) is 0 Å². The Morgan fingerprint density at radius 1 is 0.667 bits per heavy atom. The van der Waals surface area contributed by atoms with Gasteiger partial charge in [0.25, 0.3) is 0 Å². The molecule has 2 N–H and O–H groups in total. The van der Waals surface area contributed by atoms with Gasteiger partial charge in [0.15, 0.2) is 0 Å². The number of nitrogens with two attached hydrogens (primary N) is 1. The molecule has 6 rings (SSSR count). The summed E-state index contributed by atoms with van der Waals surface area (Å²) in [6.07, 6.45) is 3.18. The van der Waals surface area contributed by atoms with E-state index in [0.717, 1.165) is 35.5 Å². The third-order valence-corrected chi connectivity index (χ3v) is 6.38. The normalized spacial score (nSPS) is 85.2. The predicted molar refractivity (Wildman–Crippen MR) is 45.1 cm³/mol. The second-order valence-electron chi connectivity index (χ2n) is 6.01. The van der Waals surface area contributed by atoms with Gasteiger partial charge < -0.3 is 5.73 Å². The average Bonchev–Trinajstić information content (AvgIpc) is 2.68. The van der Waals surface area contributed by atoms with Crippen LogP contribution >= 0.6 is 0 Å². The summed E-state index contributed by atoms with van der Waals surface area (Å²) in [4.78, 5) is 0. The minimum atomic E-state index is 0.646. The van der Waals surface area contributed by atoms with Crippen molar-refractivity contribution in [2.75, 3.05) is 0 Å². The summed E-state index contributed by atoms with van der Waals surface area (Å²) < 4.78 is 0. The van der Waals surface area contributed by atoms with Gasteiger partial charge in [0.2, 0.25) is 0 Å². The first-order valence-corrected chi connectivity index (χ1v) is 5.63. The Hall–Kier alpha value is -0.0400. The first kappa shape index (κ1) is 5.64. The highest BCUT2D eigenvalue weighted by Crippen LogP contribution is 2.82. The van der Waals surface area contributed by atoms with Crippen LogP contribution in [0.1, 0.15) is 12.8 Å². The van der Waals surface area contributed by atoms with Crippen LogP contribution < -0.4 is 5.73 Å². The summed E-state index contributed by atoms with van der Waals surface area (Å²) in [6, 6.07) is 0.646. The fourth-order valence-electron chi connectivity index (χ4n) is 6.69. The third-order valence-electron chi connectivity index (χ3n) is 6.38. The fraction of sp³-hybridized carbons (Fsp3) is 1.00. The van der Waals surface area contributed by atoms with Gasteiger partial charge in [-0.3, -0.25) is 0 Å². The molecular formula is C11H15N. The Bertz CT molecular complexity index is 251. The fourth-order valence-corrected chi connectivity index (χ4v) is 6.69. The highest BCUT2D eigenvalue weighted by atomic mass is 14.9. The number of hydrogen-bond donors (Lipinski definition) is 1. The number of hydrogen-bond acceptors (Lipinski definition) is 1. The average molecular weight is 161 g/mol. The van der Waals surface area contributed by atoms with Gasteiger partial charge >= 0.3 is 0 Å². The van der Waals surface area contributed by atoms with Crippen molar-refractivity contribution in [2.24, 2.45) is 53.1 Å². The van der Waals surface area contributed by atoms with Gasteiger partial charge in [-0.15, -0.1) is 0 Å². The van der Waals surface area contributed by atoms with Gasteiger partial charge in [0, 0.05) is 6.04 Å². The van der Waals surface area contributed by atoms with Crippen LogP contribution in [0.5, 0.6) is 0 Å². The van der Waals surface area contributed by atoms with Crippen molar-refractivity contribution in [2.45, 2.75) is 18.9 Å². The first-order chi connectivity index (χ1) is 5.88. The minimum Gasteiger partial charge on any atom is -0.327 e. The maximum Gasteiger partial charge on any atom is 0.0107 e. The highest BCUT2D eigenvalue weighted by Gasteiger charge is 2.79. The molecule has 0 heterocycles. The van der Waals surface area contributed by atoms with Crippen molar-refractivity contribution in [1.29, 1.82) is 0 Å². The van der Waals surface area contributed by atoms with Crippen LogP contribution in [0.2, 0.25) is 0 Å². The monoisotopic (exact) mass is 161 g/mol. The van der Waals surface area contributed by atoms with E-state index in [0.29, 0.717) is 6.04 Å². The summed E-state index contributed by atoms with van der Waals surface area (Å²) in [6.45, 7) is 0. The molecule has 0 radical (unpaired) electrons. The molecule has 0 spiro atoms. The zero-order chi connectivity index (χ0) is 7.61. The summed E-state index contributed by atoms with van der Waals surface area (Å²) in [5.74, 6) is 8.84. The molecule has 0 saturated heterocycles. The zero-order valence-corrected chi connectivity index (χ0v) is 7.19. The lowest BCUT2D eigenvalue weighted by molar-refractivity contribution is 0.132. The maximum atomic E-state index is 6.34. The topological polar surface area (TPSA) is 26.0 Å². The minimum absolute atomic E-state index is 0.646. The molecule has 6 bridgehead atoms. The molecular weight excluding hydrogens is 146 g/mol. The molecule has 6 saturated carbocycles. The number of rotatable bonds is 0. The largest absolute Gasteiger partial charge is 0.327 e. The Morgan fingerprint density at radius 2 is 1.17 bits per heavy atom. The van der Waals surface area contributed by atoms with Crippen LogP contribution in [0.3, 0.4) is 0 Å². The van der Waals surface area contributed by atoms with Crippen molar-refractivity contribution in [3.8, 4) is 0 Å². The van der Waals surface area contributed by atoms with E-state index in [1.54, 1.807) is 12.8 Å². The van der Waals surface area contributed by atoms with Crippen molar-refractivity contribution in [3.05, 3.63) is 0 Å². The second-order valence-corrected chi connectivity index (χ2v) is 6.01. The van der Waals surface area contributed by atoms with E-state index in [1.807, 2.05) is 0 Å². The van der Waals surface area contributed by atoms with E-state index in [1.165, 1.54) is 11.8 Å². The Labute approximate surface area is 72.7 Å². The van der Waals surface area contributed by atoms with E-state index in [2.05, 4.69) is 0 Å². The summed E-state index contributed by atoms with van der Waals surface area (Å²) in [5.41, 5.74) is 6.34. The van der Waals surface area contributed by atoms with E-state index < -0.39 is 0 Å². The molecule has 0 aromatic carbocycles. The maximum absolute atomic E-state index is 6.34. The van der Waals surface area contributed by atoms with Crippen LogP contribution in [-0.2, 0) is 0 Å². The van der Waals surface area contributed by atoms with Crippen LogP contribution in [0.4, 0.5) is 0 Å². The summed E-state index contributed by atoms with van der Waals surface area (Å²) >= 11 is 0. The van der Waals surface area contributed by atoms with Crippen molar-refractivity contribution >= 4 is 0 Å². The molecule has 12 heavy (non-hydrogen) atoms. The van der Waals surface area contributed by atoms with Crippen LogP contribution in [0, 0.1) is 47.3 Å². The van der Waals surface area contributed by atoms with Crippen LogP contribution in [-0.4, -0.2) is 6.04 Å². The molecule has 0 amide bonds. The third kappa shape index (κ3) is 0.296. The van der Waals surface area contributed by atoms with E-state index in [9.17, 15) is 0 Å². The second kappa shape index (κ2) is 1.30. The van der Waals surface area contributed by atoms with Gasteiger partial charge in [-0.1, -0.05) is 0 Å². The lowest BCUT2D eigenvalue weighted by atomic mass is 9.71. The predicted octanol–water partition coefficient (Wildman–Crippen LogP) is 1.09. The van der Waals surface area contributed by atoms with Crippen LogP contribution in [0.25, 0.3) is 0 Å². The lowest BCUT2D eigenvalue weighted by Gasteiger charge is -2.33. The van der Waals surface area contributed by atoms with Gasteiger partial charge in [0.1, 0.15) is 0 Å². The molecule has 1 heteroatoms. The van der Waals surface area contributed by atoms with Gasteiger partial charge in [0.05, 0.1) is 0 Å². The van der Waals surface area contributed by atoms with Crippen LogP contribution in [0.15, 0.2) is 0 Å².